The van der Waals surface area contributed by atoms with E-state index in [-0.39, 0.29) is 11.4 Å². The molecule has 0 unspecified atom stereocenters. The molecular formula is C26H23ClO2. The first-order chi connectivity index (χ1) is 14.2. The summed E-state index contributed by atoms with van der Waals surface area (Å²) < 4.78 is 5.05. The van der Waals surface area contributed by atoms with Crippen LogP contribution in [0, 0.1) is 0 Å². The standard InChI is InChI=1S/C26H23ClO2/c1-29-25(28)19-11-8-14-22(27)24(19)18-10-7-13-21-23(18)17-9-3-4-12-20(17)26(21)15-5-2-6-16-26/h3-4,7-14H,2,5-6,15-16H2,1H3. The van der Waals surface area contributed by atoms with Crippen LogP contribution in [0.4, 0.5) is 0 Å². The molecule has 0 saturated heterocycles. The molecule has 0 atom stereocenters. The molecule has 0 N–H and O–H groups in total. The molecule has 0 bridgehead atoms. The minimum Gasteiger partial charge on any atom is -0.465 e. The molecule has 0 radical (unpaired) electrons. The number of methoxy groups -OCH3 is 1. The van der Waals surface area contributed by atoms with Crippen molar-refractivity contribution in [1.29, 1.82) is 0 Å². The summed E-state index contributed by atoms with van der Waals surface area (Å²) in [5, 5.41) is 0.573. The maximum absolute atomic E-state index is 12.5. The topological polar surface area (TPSA) is 26.3 Å². The largest absolute Gasteiger partial charge is 0.465 e. The van der Waals surface area contributed by atoms with Crippen LogP contribution in [-0.2, 0) is 10.2 Å². The number of hydrogen-bond donors (Lipinski definition) is 0. The average molecular weight is 403 g/mol. The Labute approximate surface area is 176 Å². The quantitative estimate of drug-likeness (QED) is 0.430. The highest BCUT2D eigenvalue weighted by molar-refractivity contribution is 6.34. The predicted molar refractivity (Wildman–Crippen MR) is 118 cm³/mol. The smallest absolute Gasteiger partial charge is 0.338 e. The molecule has 5 rings (SSSR count). The Kier molecular flexibility index (Phi) is 4.48. The van der Waals surface area contributed by atoms with E-state index in [4.69, 9.17) is 16.3 Å². The van der Waals surface area contributed by atoms with Gasteiger partial charge in [0.15, 0.2) is 0 Å². The normalized spacial score (nSPS) is 16.3. The van der Waals surface area contributed by atoms with E-state index in [0.717, 1.165) is 11.1 Å². The van der Waals surface area contributed by atoms with Crippen LogP contribution < -0.4 is 0 Å². The SMILES string of the molecule is COC(=O)c1cccc(Cl)c1-c1cccc2c1-c1ccccc1C21CCCCC1. The van der Waals surface area contributed by atoms with E-state index in [0.29, 0.717) is 10.6 Å². The number of fused-ring (bicyclic) bond motifs is 5. The fraction of sp³-hybridized carbons (Fsp3) is 0.269. The lowest BCUT2D eigenvalue weighted by Crippen LogP contribution is -2.27. The second kappa shape index (κ2) is 7.03. The summed E-state index contributed by atoms with van der Waals surface area (Å²) in [5.74, 6) is -0.362. The summed E-state index contributed by atoms with van der Waals surface area (Å²) in [5.41, 5.74) is 7.67. The van der Waals surface area contributed by atoms with E-state index < -0.39 is 0 Å². The molecular weight excluding hydrogens is 380 g/mol. The fourth-order valence-electron chi connectivity index (χ4n) is 5.49. The second-order valence-corrected chi connectivity index (χ2v) is 8.48. The maximum Gasteiger partial charge on any atom is 0.338 e. The fourth-order valence-corrected chi connectivity index (χ4v) is 5.76. The average Bonchev–Trinajstić information content (AvgIpc) is 3.04. The number of rotatable bonds is 2. The number of ether oxygens (including phenoxy) is 1. The summed E-state index contributed by atoms with van der Waals surface area (Å²) in [6, 6.07) is 20.7. The van der Waals surface area contributed by atoms with Gasteiger partial charge in [0.05, 0.1) is 12.7 Å². The molecule has 0 aromatic heterocycles. The van der Waals surface area contributed by atoms with Gasteiger partial charge >= 0.3 is 5.97 Å². The number of halogens is 1. The number of hydrogen-bond acceptors (Lipinski definition) is 2. The van der Waals surface area contributed by atoms with Gasteiger partial charge in [0.25, 0.3) is 0 Å². The Bertz CT molecular complexity index is 1110. The first kappa shape index (κ1) is 18.4. The van der Waals surface area contributed by atoms with Crippen molar-refractivity contribution in [2.45, 2.75) is 37.5 Å². The lowest BCUT2D eigenvalue weighted by molar-refractivity contribution is 0.0601. The molecule has 2 nitrogen and oxygen atoms in total. The molecule has 2 aliphatic rings. The number of carbonyl (C=O) groups is 1. The number of benzene rings is 3. The van der Waals surface area contributed by atoms with Crippen LogP contribution in [0.5, 0.6) is 0 Å². The summed E-state index contributed by atoms with van der Waals surface area (Å²) in [7, 11) is 1.41. The summed E-state index contributed by atoms with van der Waals surface area (Å²) in [4.78, 5) is 12.5. The minimum absolute atomic E-state index is 0.0763. The third-order valence-electron chi connectivity index (χ3n) is 6.69. The number of carbonyl (C=O) groups excluding carboxylic acids is 1. The lowest BCUT2D eigenvalue weighted by Gasteiger charge is -2.36. The minimum atomic E-state index is -0.362. The van der Waals surface area contributed by atoms with E-state index in [2.05, 4.69) is 42.5 Å². The van der Waals surface area contributed by atoms with Gasteiger partial charge in [-0.3, -0.25) is 0 Å². The molecule has 2 aliphatic carbocycles. The third kappa shape index (κ3) is 2.66. The van der Waals surface area contributed by atoms with Crippen LogP contribution in [-0.4, -0.2) is 13.1 Å². The molecule has 1 fully saturated rings. The van der Waals surface area contributed by atoms with Crippen molar-refractivity contribution in [2.24, 2.45) is 0 Å². The van der Waals surface area contributed by atoms with Crippen molar-refractivity contribution in [3.63, 3.8) is 0 Å². The Morgan fingerprint density at radius 3 is 2.31 bits per heavy atom. The Morgan fingerprint density at radius 1 is 0.828 bits per heavy atom. The highest BCUT2D eigenvalue weighted by Gasteiger charge is 2.44. The van der Waals surface area contributed by atoms with Gasteiger partial charge in [-0.2, -0.15) is 0 Å². The van der Waals surface area contributed by atoms with Crippen LogP contribution in [0.2, 0.25) is 5.02 Å². The van der Waals surface area contributed by atoms with Crippen LogP contribution >= 0.6 is 11.6 Å². The molecule has 0 amide bonds. The van der Waals surface area contributed by atoms with Crippen LogP contribution in [0.25, 0.3) is 22.3 Å². The van der Waals surface area contributed by atoms with Crippen molar-refractivity contribution in [3.05, 3.63) is 82.4 Å². The second-order valence-electron chi connectivity index (χ2n) is 8.07. The molecule has 3 heteroatoms. The van der Waals surface area contributed by atoms with E-state index in [9.17, 15) is 4.79 Å². The van der Waals surface area contributed by atoms with E-state index in [1.54, 1.807) is 12.1 Å². The monoisotopic (exact) mass is 402 g/mol. The Morgan fingerprint density at radius 2 is 1.52 bits per heavy atom. The van der Waals surface area contributed by atoms with Crippen LogP contribution in [0.1, 0.15) is 53.6 Å². The number of esters is 1. The third-order valence-corrected chi connectivity index (χ3v) is 7.00. The van der Waals surface area contributed by atoms with Gasteiger partial charge in [-0.05, 0) is 52.8 Å². The molecule has 3 aromatic carbocycles. The van der Waals surface area contributed by atoms with Crippen molar-refractivity contribution in [1.82, 2.24) is 0 Å². The van der Waals surface area contributed by atoms with Gasteiger partial charge in [0.1, 0.15) is 0 Å². The maximum atomic E-state index is 12.5. The van der Waals surface area contributed by atoms with Crippen LogP contribution in [0.3, 0.4) is 0 Å². The highest BCUT2D eigenvalue weighted by Crippen LogP contribution is 2.58. The molecule has 146 valence electrons. The zero-order valence-electron chi connectivity index (χ0n) is 16.5. The van der Waals surface area contributed by atoms with Gasteiger partial charge in [-0.25, -0.2) is 4.79 Å². The van der Waals surface area contributed by atoms with Crippen molar-refractivity contribution in [2.75, 3.05) is 7.11 Å². The van der Waals surface area contributed by atoms with Gasteiger partial charge < -0.3 is 4.74 Å². The van der Waals surface area contributed by atoms with E-state index >= 15 is 0 Å². The Balaban J connectivity index is 1.84. The van der Waals surface area contributed by atoms with Crippen molar-refractivity contribution < 1.29 is 9.53 Å². The van der Waals surface area contributed by atoms with Gasteiger partial charge in [-0.15, -0.1) is 0 Å². The molecule has 29 heavy (non-hydrogen) atoms. The summed E-state index contributed by atoms with van der Waals surface area (Å²) in [6.07, 6.45) is 6.14. The first-order valence-corrected chi connectivity index (χ1v) is 10.7. The zero-order chi connectivity index (χ0) is 20.0. The molecule has 1 spiro atoms. The summed E-state index contributed by atoms with van der Waals surface area (Å²) >= 11 is 6.66. The first-order valence-electron chi connectivity index (χ1n) is 10.3. The van der Waals surface area contributed by atoms with E-state index in [1.807, 2.05) is 6.07 Å². The van der Waals surface area contributed by atoms with E-state index in [1.165, 1.54) is 61.5 Å². The van der Waals surface area contributed by atoms with Gasteiger partial charge in [0.2, 0.25) is 0 Å². The molecule has 3 aromatic rings. The molecule has 0 aliphatic heterocycles. The van der Waals surface area contributed by atoms with Gasteiger partial charge in [0, 0.05) is 16.0 Å². The van der Waals surface area contributed by atoms with Crippen LogP contribution in [0.15, 0.2) is 60.7 Å². The lowest BCUT2D eigenvalue weighted by atomic mass is 9.67. The van der Waals surface area contributed by atoms with Crippen molar-refractivity contribution >= 4 is 17.6 Å². The molecule has 0 heterocycles. The zero-order valence-corrected chi connectivity index (χ0v) is 17.3. The highest BCUT2D eigenvalue weighted by atomic mass is 35.5. The molecule has 1 saturated carbocycles. The van der Waals surface area contributed by atoms with Crippen molar-refractivity contribution in [3.8, 4) is 22.3 Å². The summed E-state index contributed by atoms with van der Waals surface area (Å²) in [6.45, 7) is 0. The predicted octanol–water partition coefficient (Wildman–Crippen LogP) is 7.02. The van der Waals surface area contributed by atoms with Gasteiger partial charge in [-0.1, -0.05) is 79.4 Å². The Hall–Kier alpha value is -2.58.